The Morgan fingerprint density at radius 3 is 2.43 bits per heavy atom. The summed E-state index contributed by atoms with van der Waals surface area (Å²) in [5, 5.41) is 15.0. The number of para-hydroxylation sites is 1. The minimum absolute atomic E-state index is 0.0294. The fourth-order valence-corrected chi connectivity index (χ4v) is 2.56. The molecule has 0 saturated carbocycles. The van der Waals surface area contributed by atoms with Crippen LogP contribution in [-0.4, -0.2) is 30.9 Å². The molecule has 130 valence electrons. The third-order valence-electron chi connectivity index (χ3n) is 3.90. The van der Waals surface area contributed by atoms with Crippen molar-refractivity contribution in [3.63, 3.8) is 0 Å². The number of nitrogens with one attached hydrogen (secondary N) is 2. The Bertz CT molecular complexity index is 497. The number of ether oxygens (including phenoxy) is 1. The number of aliphatic hydroxyl groups is 1. The van der Waals surface area contributed by atoms with E-state index in [4.69, 9.17) is 9.84 Å². The largest absolute Gasteiger partial charge is 0.496 e. The monoisotopic (exact) mass is 322 g/mol. The summed E-state index contributed by atoms with van der Waals surface area (Å²) in [5.74, 6) is 0.759. The maximum Gasteiger partial charge on any atom is 0.315 e. The summed E-state index contributed by atoms with van der Waals surface area (Å²) in [7, 11) is 1.63. The highest BCUT2D eigenvalue weighted by Crippen LogP contribution is 2.37. The van der Waals surface area contributed by atoms with Crippen molar-refractivity contribution < 1.29 is 14.6 Å². The lowest BCUT2D eigenvalue weighted by Gasteiger charge is -2.33. The van der Waals surface area contributed by atoms with E-state index in [1.54, 1.807) is 7.11 Å². The summed E-state index contributed by atoms with van der Waals surface area (Å²) in [5.41, 5.74) is 0.776. The fraction of sp³-hybridized carbons (Fsp3) is 0.611. The third-order valence-corrected chi connectivity index (χ3v) is 3.90. The van der Waals surface area contributed by atoms with Crippen molar-refractivity contribution in [1.29, 1.82) is 0 Å². The standard InChI is InChI=1S/C18H30N2O3/c1-6-13(11-12-21)19-17(22)20-16(18(2,3)4)14-9-7-8-10-15(14)23-5/h7-10,13,16,21H,6,11-12H2,1-5H3,(H2,19,20,22). The molecule has 2 amide bonds. The Morgan fingerprint density at radius 2 is 1.91 bits per heavy atom. The quantitative estimate of drug-likeness (QED) is 0.722. The number of amides is 2. The van der Waals surface area contributed by atoms with Gasteiger partial charge in [0.05, 0.1) is 13.2 Å². The van der Waals surface area contributed by atoms with Crippen molar-refractivity contribution >= 4 is 6.03 Å². The van der Waals surface area contributed by atoms with Gasteiger partial charge >= 0.3 is 6.03 Å². The molecule has 0 aliphatic carbocycles. The molecule has 0 bridgehead atoms. The summed E-state index contributed by atoms with van der Waals surface area (Å²) < 4.78 is 5.44. The molecule has 2 atom stereocenters. The van der Waals surface area contributed by atoms with E-state index >= 15 is 0 Å². The van der Waals surface area contributed by atoms with Crippen LogP contribution in [0.2, 0.25) is 0 Å². The van der Waals surface area contributed by atoms with E-state index in [1.165, 1.54) is 0 Å². The van der Waals surface area contributed by atoms with E-state index in [0.29, 0.717) is 6.42 Å². The van der Waals surface area contributed by atoms with Crippen molar-refractivity contribution in [2.24, 2.45) is 5.41 Å². The Labute approximate surface area is 139 Å². The zero-order valence-corrected chi connectivity index (χ0v) is 14.8. The number of hydrogen-bond acceptors (Lipinski definition) is 3. The number of hydrogen-bond donors (Lipinski definition) is 3. The number of urea groups is 1. The molecule has 23 heavy (non-hydrogen) atoms. The van der Waals surface area contributed by atoms with Gasteiger partial charge in [-0.15, -0.1) is 0 Å². The summed E-state index contributed by atoms with van der Waals surface area (Å²) in [6.45, 7) is 8.29. The Balaban J connectivity index is 2.94. The number of carbonyl (C=O) groups excluding carboxylic acids is 1. The van der Waals surface area contributed by atoms with Crippen LogP contribution in [0.15, 0.2) is 24.3 Å². The van der Waals surface area contributed by atoms with Gasteiger partial charge in [-0.2, -0.15) is 0 Å². The van der Waals surface area contributed by atoms with Crippen molar-refractivity contribution in [3.05, 3.63) is 29.8 Å². The average Bonchev–Trinajstić information content (AvgIpc) is 2.51. The van der Waals surface area contributed by atoms with Gasteiger partial charge < -0.3 is 20.5 Å². The Kier molecular flexibility index (Phi) is 7.36. The molecule has 0 heterocycles. The second-order valence-corrected chi connectivity index (χ2v) is 6.78. The molecule has 5 nitrogen and oxygen atoms in total. The SMILES string of the molecule is CCC(CCO)NC(=O)NC(c1ccccc1OC)C(C)(C)C. The zero-order valence-electron chi connectivity index (χ0n) is 14.8. The van der Waals surface area contributed by atoms with Gasteiger partial charge in [0, 0.05) is 18.2 Å². The van der Waals surface area contributed by atoms with Crippen molar-refractivity contribution in [1.82, 2.24) is 10.6 Å². The zero-order chi connectivity index (χ0) is 17.5. The van der Waals surface area contributed by atoms with E-state index in [-0.39, 0.29) is 30.1 Å². The molecule has 0 aliphatic heterocycles. The Hall–Kier alpha value is -1.75. The molecule has 0 spiro atoms. The minimum atomic E-state index is -0.226. The van der Waals surface area contributed by atoms with Crippen LogP contribution in [0.3, 0.4) is 0 Å². The van der Waals surface area contributed by atoms with Gasteiger partial charge in [0.15, 0.2) is 0 Å². The molecule has 0 radical (unpaired) electrons. The summed E-state index contributed by atoms with van der Waals surface area (Å²) in [4.78, 5) is 12.4. The molecule has 0 fully saturated rings. The van der Waals surface area contributed by atoms with Gasteiger partial charge in [0.25, 0.3) is 0 Å². The molecule has 0 aromatic heterocycles. The minimum Gasteiger partial charge on any atom is -0.496 e. The van der Waals surface area contributed by atoms with Crippen LogP contribution in [0.1, 0.15) is 52.1 Å². The van der Waals surface area contributed by atoms with Crippen LogP contribution in [-0.2, 0) is 0 Å². The first-order chi connectivity index (χ1) is 10.8. The smallest absolute Gasteiger partial charge is 0.315 e. The lowest BCUT2D eigenvalue weighted by Crippen LogP contribution is -2.46. The van der Waals surface area contributed by atoms with Crippen LogP contribution in [0.5, 0.6) is 5.75 Å². The van der Waals surface area contributed by atoms with E-state index in [0.717, 1.165) is 17.7 Å². The summed E-state index contributed by atoms with van der Waals surface area (Å²) >= 11 is 0. The number of carbonyl (C=O) groups is 1. The Morgan fingerprint density at radius 1 is 1.26 bits per heavy atom. The van der Waals surface area contributed by atoms with Crippen LogP contribution in [0.4, 0.5) is 4.79 Å². The highest BCUT2D eigenvalue weighted by Gasteiger charge is 2.30. The van der Waals surface area contributed by atoms with Crippen LogP contribution < -0.4 is 15.4 Å². The van der Waals surface area contributed by atoms with Crippen molar-refractivity contribution in [3.8, 4) is 5.75 Å². The fourth-order valence-electron chi connectivity index (χ4n) is 2.56. The lowest BCUT2D eigenvalue weighted by molar-refractivity contribution is 0.208. The third kappa shape index (κ3) is 5.75. The van der Waals surface area contributed by atoms with Gasteiger partial charge in [-0.3, -0.25) is 0 Å². The lowest BCUT2D eigenvalue weighted by atomic mass is 9.82. The van der Waals surface area contributed by atoms with Gasteiger partial charge in [-0.1, -0.05) is 45.9 Å². The molecule has 1 aromatic rings. The summed E-state index contributed by atoms with van der Waals surface area (Å²) in [6.07, 6.45) is 1.33. The predicted octanol–water partition coefficient (Wildman–Crippen LogP) is 3.24. The highest BCUT2D eigenvalue weighted by molar-refractivity contribution is 5.75. The van der Waals surface area contributed by atoms with Crippen molar-refractivity contribution in [2.45, 2.75) is 52.6 Å². The second-order valence-electron chi connectivity index (χ2n) is 6.78. The first-order valence-corrected chi connectivity index (χ1v) is 8.14. The number of methoxy groups -OCH3 is 1. The molecular formula is C18H30N2O3. The first-order valence-electron chi connectivity index (χ1n) is 8.14. The topological polar surface area (TPSA) is 70.6 Å². The molecule has 3 N–H and O–H groups in total. The number of aliphatic hydroxyl groups excluding tert-OH is 1. The van der Waals surface area contributed by atoms with E-state index in [2.05, 4.69) is 31.4 Å². The van der Waals surface area contributed by atoms with Crippen LogP contribution >= 0.6 is 0 Å². The molecule has 1 rings (SSSR count). The molecule has 0 saturated heterocycles. The maximum atomic E-state index is 12.4. The highest BCUT2D eigenvalue weighted by atomic mass is 16.5. The van der Waals surface area contributed by atoms with Gasteiger partial charge in [0.2, 0.25) is 0 Å². The van der Waals surface area contributed by atoms with Crippen LogP contribution in [0, 0.1) is 5.41 Å². The maximum absolute atomic E-state index is 12.4. The first kappa shape index (κ1) is 19.3. The second kappa shape index (κ2) is 8.77. The molecule has 5 heteroatoms. The van der Waals surface area contributed by atoms with E-state index < -0.39 is 0 Å². The van der Waals surface area contributed by atoms with E-state index in [9.17, 15) is 4.79 Å². The molecule has 2 unspecified atom stereocenters. The number of rotatable bonds is 7. The average molecular weight is 322 g/mol. The number of benzene rings is 1. The van der Waals surface area contributed by atoms with E-state index in [1.807, 2.05) is 31.2 Å². The van der Waals surface area contributed by atoms with Gasteiger partial charge in [-0.25, -0.2) is 4.79 Å². The van der Waals surface area contributed by atoms with Crippen molar-refractivity contribution in [2.75, 3.05) is 13.7 Å². The van der Waals surface area contributed by atoms with Gasteiger partial charge in [0.1, 0.15) is 5.75 Å². The molecule has 1 aromatic carbocycles. The molecule has 0 aliphatic rings. The normalized spacial score (nSPS) is 14.0. The van der Waals surface area contributed by atoms with Gasteiger partial charge in [-0.05, 0) is 24.3 Å². The summed E-state index contributed by atoms with van der Waals surface area (Å²) in [6, 6.07) is 7.28. The predicted molar refractivity (Wildman–Crippen MR) is 92.6 cm³/mol. The molecular weight excluding hydrogens is 292 g/mol. The van der Waals surface area contributed by atoms with Crippen LogP contribution in [0.25, 0.3) is 0 Å².